The smallest absolute Gasteiger partial charge is 0.240 e. The molecule has 0 unspecified atom stereocenters. The highest BCUT2D eigenvalue weighted by Crippen LogP contribution is 2.16. The second kappa shape index (κ2) is 7.59. The van der Waals surface area contributed by atoms with E-state index in [1.165, 1.54) is 0 Å². The van der Waals surface area contributed by atoms with Crippen LogP contribution in [0, 0.1) is 20.8 Å². The maximum atomic E-state index is 12.1. The molecule has 5 nitrogen and oxygen atoms in total. The van der Waals surface area contributed by atoms with E-state index < -0.39 is 10.0 Å². The first-order chi connectivity index (χ1) is 11.3. The van der Waals surface area contributed by atoms with Gasteiger partial charge >= 0.3 is 0 Å². The summed E-state index contributed by atoms with van der Waals surface area (Å²) in [6.07, 6.45) is 0.0679. The summed E-state index contributed by atoms with van der Waals surface area (Å²) in [5, 5.41) is 2.80. The number of benzene rings is 2. The van der Waals surface area contributed by atoms with Gasteiger partial charge in [-0.05, 0) is 44.5 Å². The number of amides is 1. The number of hydrogen-bond acceptors (Lipinski definition) is 3. The van der Waals surface area contributed by atoms with Crippen molar-refractivity contribution in [1.29, 1.82) is 0 Å². The van der Waals surface area contributed by atoms with Gasteiger partial charge in [0.15, 0.2) is 0 Å². The Morgan fingerprint density at radius 3 is 2.21 bits per heavy atom. The van der Waals surface area contributed by atoms with E-state index >= 15 is 0 Å². The van der Waals surface area contributed by atoms with Crippen LogP contribution < -0.4 is 10.0 Å². The SMILES string of the molecule is Cc1ccc(S(=O)(=O)NCCC(=O)Nc2ccc(C)cc2C)cc1. The third kappa shape index (κ3) is 4.91. The maximum absolute atomic E-state index is 12.1. The summed E-state index contributed by atoms with van der Waals surface area (Å²) >= 11 is 0. The molecule has 0 fully saturated rings. The van der Waals surface area contributed by atoms with E-state index in [1.807, 2.05) is 39.0 Å². The number of rotatable bonds is 6. The summed E-state index contributed by atoms with van der Waals surface area (Å²) in [6, 6.07) is 12.3. The fourth-order valence-electron chi connectivity index (χ4n) is 2.27. The van der Waals surface area contributed by atoms with Crippen molar-refractivity contribution in [3.63, 3.8) is 0 Å². The molecule has 2 rings (SSSR count). The molecule has 0 aromatic heterocycles. The molecule has 6 heteroatoms. The molecule has 128 valence electrons. The van der Waals surface area contributed by atoms with Crippen molar-refractivity contribution in [2.24, 2.45) is 0 Å². The summed E-state index contributed by atoms with van der Waals surface area (Å²) in [5.41, 5.74) is 3.83. The Kier molecular flexibility index (Phi) is 5.75. The Bertz CT molecular complexity index is 828. The molecule has 0 bridgehead atoms. The maximum Gasteiger partial charge on any atom is 0.240 e. The number of hydrogen-bond donors (Lipinski definition) is 2. The lowest BCUT2D eigenvalue weighted by Crippen LogP contribution is -2.28. The van der Waals surface area contributed by atoms with Crippen LogP contribution in [0.15, 0.2) is 47.4 Å². The second-order valence-corrected chi connectivity index (χ2v) is 7.59. The lowest BCUT2D eigenvalue weighted by molar-refractivity contribution is -0.116. The van der Waals surface area contributed by atoms with E-state index in [-0.39, 0.29) is 23.8 Å². The van der Waals surface area contributed by atoms with Crippen molar-refractivity contribution in [2.75, 3.05) is 11.9 Å². The average molecular weight is 346 g/mol. The van der Waals surface area contributed by atoms with Crippen LogP contribution in [0.5, 0.6) is 0 Å². The molecular formula is C18H22N2O3S. The highest BCUT2D eigenvalue weighted by atomic mass is 32.2. The van der Waals surface area contributed by atoms with Gasteiger partial charge in [-0.1, -0.05) is 35.4 Å². The van der Waals surface area contributed by atoms with Crippen LogP contribution in [0.3, 0.4) is 0 Å². The second-order valence-electron chi connectivity index (χ2n) is 5.83. The topological polar surface area (TPSA) is 75.3 Å². The minimum atomic E-state index is -3.59. The van der Waals surface area contributed by atoms with Crippen molar-refractivity contribution in [3.05, 3.63) is 59.2 Å². The third-order valence-corrected chi connectivity index (χ3v) is 5.11. The molecular weight excluding hydrogens is 324 g/mol. The number of anilines is 1. The number of carbonyl (C=O) groups is 1. The van der Waals surface area contributed by atoms with Crippen molar-refractivity contribution in [3.8, 4) is 0 Å². The number of aryl methyl sites for hydroxylation is 3. The summed E-state index contributed by atoms with van der Waals surface area (Å²) in [7, 11) is -3.59. The van der Waals surface area contributed by atoms with Gasteiger partial charge in [0.05, 0.1) is 4.90 Å². The Labute approximate surface area is 143 Å². The molecule has 0 aliphatic carbocycles. The lowest BCUT2D eigenvalue weighted by Gasteiger charge is -2.10. The first-order valence-corrected chi connectivity index (χ1v) is 9.20. The van der Waals surface area contributed by atoms with Gasteiger partial charge in [-0.3, -0.25) is 4.79 Å². The van der Waals surface area contributed by atoms with Gasteiger partial charge in [-0.2, -0.15) is 0 Å². The Morgan fingerprint density at radius 2 is 1.58 bits per heavy atom. The van der Waals surface area contributed by atoms with E-state index in [4.69, 9.17) is 0 Å². The van der Waals surface area contributed by atoms with E-state index in [9.17, 15) is 13.2 Å². The molecule has 2 N–H and O–H groups in total. The van der Waals surface area contributed by atoms with Gasteiger partial charge in [0.1, 0.15) is 0 Å². The zero-order valence-electron chi connectivity index (χ0n) is 14.1. The van der Waals surface area contributed by atoms with Gasteiger partial charge < -0.3 is 5.32 Å². The van der Waals surface area contributed by atoms with Crippen molar-refractivity contribution < 1.29 is 13.2 Å². The number of sulfonamides is 1. The molecule has 2 aromatic rings. The molecule has 0 saturated heterocycles. The van der Waals surface area contributed by atoms with Crippen LogP contribution in [-0.2, 0) is 14.8 Å². The Balaban J connectivity index is 1.89. The molecule has 1 amide bonds. The molecule has 0 atom stereocenters. The predicted molar refractivity (Wildman–Crippen MR) is 95.5 cm³/mol. The van der Waals surface area contributed by atoms with Gasteiger partial charge in [0.2, 0.25) is 15.9 Å². The molecule has 0 radical (unpaired) electrons. The highest BCUT2D eigenvalue weighted by molar-refractivity contribution is 7.89. The fraction of sp³-hybridized carbons (Fsp3) is 0.278. The molecule has 0 spiro atoms. The highest BCUT2D eigenvalue weighted by Gasteiger charge is 2.14. The Hall–Kier alpha value is -2.18. The molecule has 0 saturated carbocycles. The summed E-state index contributed by atoms with van der Waals surface area (Å²) in [5.74, 6) is -0.228. The number of carbonyl (C=O) groups excluding carboxylic acids is 1. The standard InChI is InChI=1S/C18H22N2O3S/c1-13-4-7-16(8-5-13)24(22,23)19-11-10-18(21)20-17-9-6-14(2)12-15(17)3/h4-9,12,19H,10-11H2,1-3H3,(H,20,21). The average Bonchev–Trinajstić information content (AvgIpc) is 2.50. The van der Waals surface area contributed by atoms with Crippen LogP contribution in [0.25, 0.3) is 0 Å². The van der Waals surface area contributed by atoms with Gasteiger partial charge in [-0.25, -0.2) is 13.1 Å². The van der Waals surface area contributed by atoms with Crippen LogP contribution >= 0.6 is 0 Å². The zero-order valence-corrected chi connectivity index (χ0v) is 14.9. The van der Waals surface area contributed by atoms with Crippen molar-refractivity contribution >= 4 is 21.6 Å². The third-order valence-electron chi connectivity index (χ3n) is 3.63. The van der Waals surface area contributed by atoms with E-state index in [0.29, 0.717) is 0 Å². The quantitative estimate of drug-likeness (QED) is 0.844. The first kappa shape index (κ1) is 18.2. The summed E-state index contributed by atoms with van der Waals surface area (Å²) in [6.45, 7) is 5.84. The van der Waals surface area contributed by atoms with E-state index in [1.54, 1.807) is 24.3 Å². The molecule has 2 aromatic carbocycles. The van der Waals surface area contributed by atoms with Crippen LogP contribution in [0.2, 0.25) is 0 Å². The van der Waals surface area contributed by atoms with E-state index in [2.05, 4.69) is 10.0 Å². The van der Waals surface area contributed by atoms with Gasteiger partial charge in [0, 0.05) is 18.7 Å². The Morgan fingerprint density at radius 1 is 0.958 bits per heavy atom. The summed E-state index contributed by atoms with van der Waals surface area (Å²) in [4.78, 5) is 12.2. The lowest BCUT2D eigenvalue weighted by atomic mass is 10.1. The van der Waals surface area contributed by atoms with Crippen LogP contribution in [0.4, 0.5) is 5.69 Å². The molecule has 24 heavy (non-hydrogen) atoms. The fourth-order valence-corrected chi connectivity index (χ4v) is 3.30. The van der Waals surface area contributed by atoms with E-state index in [0.717, 1.165) is 22.4 Å². The summed E-state index contributed by atoms with van der Waals surface area (Å²) < 4.78 is 26.7. The largest absolute Gasteiger partial charge is 0.326 e. The van der Waals surface area contributed by atoms with Crippen molar-refractivity contribution in [2.45, 2.75) is 32.1 Å². The number of nitrogens with one attached hydrogen (secondary N) is 2. The van der Waals surface area contributed by atoms with Crippen LogP contribution in [0.1, 0.15) is 23.1 Å². The molecule has 0 aliphatic heterocycles. The first-order valence-electron chi connectivity index (χ1n) is 7.71. The van der Waals surface area contributed by atoms with Crippen molar-refractivity contribution in [1.82, 2.24) is 4.72 Å². The normalized spacial score (nSPS) is 11.3. The minimum Gasteiger partial charge on any atom is -0.326 e. The van der Waals surface area contributed by atoms with Gasteiger partial charge in [0.25, 0.3) is 0 Å². The minimum absolute atomic E-state index is 0.0486. The zero-order chi connectivity index (χ0) is 17.7. The monoisotopic (exact) mass is 346 g/mol. The molecule has 0 heterocycles. The van der Waals surface area contributed by atoms with Gasteiger partial charge in [-0.15, -0.1) is 0 Å². The van der Waals surface area contributed by atoms with Crippen LogP contribution in [-0.4, -0.2) is 20.9 Å². The molecule has 0 aliphatic rings. The predicted octanol–water partition coefficient (Wildman–Crippen LogP) is 2.92.